The quantitative estimate of drug-likeness (QED) is 0.428. The predicted octanol–water partition coefficient (Wildman–Crippen LogP) is 5.55. The van der Waals surface area contributed by atoms with E-state index in [0.717, 1.165) is 31.2 Å². The van der Waals surface area contributed by atoms with Gasteiger partial charge in [0.25, 0.3) is 5.91 Å². The Labute approximate surface area is 193 Å². The summed E-state index contributed by atoms with van der Waals surface area (Å²) in [7, 11) is 3.20. The van der Waals surface area contributed by atoms with Crippen molar-refractivity contribution in [2.75, 3.05) is 14.2 Å². The Morgan fingerprint density at radius 1 is 1.00 bits per heavy atom. The van der Waals surface area contributed by atoms with Gasteiger partial charge >= 0.3 is 0 Å². The molecule has 32 heavy (non-hydrogen) atoms. The number of methoxy groups -OCH3 is 2. The zero-order valence-corrected chi connectivity index (χ0v) is 19.9. The van der Waals surface area contributed by atoms with Crippen LogP contribution in [0.4, 0.5) is 0 Å². The summed E-state index contributed by atoms with van der Waals surface area (Å²) >= 11 is 0. The van der Waals surface area contributed by atoms with Crippen molar-refractivity contribution < 1.29 is 14.3 Å². The lowest BCUT2D eigenvalue weighted by atomic mass is 9.97. The summed E-state index contributed by atoms with van der Waals surface area (Å²) in [5.41, 5.74) is 1.07. The number of nitriles is 1. The molecule has 0 bridgehead atoms. The molecular formula is C26H39N3O3. The Hall–Kier alpha value is -2.68. The zero-order chi connectivity index (χ0) is 23.2. The highest BCUT2D eigenvalue weighted by Crippen LogP contribution is 2.29. The molecule has 1 aliphatic carbocycles. The third-order valence-electron chi connectivity index (χ3n) is 6.19. The van der Waals surface area contributed by atoms with Gasteiger partial charge in [0.1, 0.15) is 11.6 Å². The van der Waals surface area contributed by atoms with Gasteiger partial charge in [0.15, 0.2) is 11.5 Å². The van der Waals surface area contributed by atoms with Crippen LogP contribution < -0.4 is 20.1 Å². The number of carbonyl (C=O) groups excluding carboxylic acids is 1. The summed E-state index contributed by atoms with van der Waals surface area (Å²) in [6.07, 6.45) is 14.7. The number of carbonyl (C=O) groups is 1. The van der Waals surface area contributed by atoms with Crippen molar-refractivity contribution >= 4 is 5.91 Å². The first-order valence-corrected chi connectivity index (χ1v) is 12.0. The molecule has 2 N–H and O–H groups in total. The highest BCUT2D eigenvalue weighted by molar-refractivity contribution is 5.97. The Balaban J connectivity index is 1.96. The van der Waals surface area contributed by atoms with Crippen molar-refractivity contribution in [3.05, 3.63) is 35.5 Å². The van der Waals surface area contributed by atoms with Gasteiger partial charge in [-0.15, -0.1) is 0 Å². The van der Waals surface area contributed by atoms with Gasteiger partial charge in [0.2, 0.25) is 0 Å². The largest absolute Gasteiger partial charge is 0.493 e. The minimum absolute atomic E-state index is 0.100. The van der Waals surface area contributed by atoms with Crippen LogP contribution in [-0.4, -0.2) is 26.2 Å². The number of hydrogen-bond donors (Lipinski definition) is 2. The van der Waals surface area contributed by atoms with Gasteiger partial charge in [0, 0.05) is 18.3 Å². The van der Waals surface area contributed by atoms with E-state index < -0.39 is 0 Å². The molecule has 2 rings (SSSR count). The lowest BCUT2D eigenvalue weighted by molar-refractivity contribution is -0.117. The van der Waals surface area contributed by atoms with E-state index in [1.807, 2.05) is 31.2 Å². The van der Waals surface area contributed by atoms with Crippen molar-refractivity contribution in [3.63, 3.8) is 0 Å². The van der Waals surface area contributed by atoms with Gasteiger partial charge in [-0.25, -0.2) is 0 Å². The monoisotopic (exact) mass is 441 g/mol. The van der Waals surface area contributed by atoms with E-state index in [1.165, 1.54) is 51.1 Å². The third-order valence-corrected chi connectivity index (χ3v) is 6.19. The van der Waals surface area contributed by atoms with Crippen LogP contribution in [-0.2, 0) is 4.79 Å². The number of nitrogens with zero attached hydrogens (tertiary/aromatic N) is 1. The van der Waals surface area contributed by atoms with Crippen molar-refractivity contribution in [1.29, 1.82) is 5.26 Å². The van der Waals surface area contributed by atoms with E-state index >= 15 is 0 Å². The number of amides is 1. The standard InChI is InChI=1S/C26H39N3O3/c1-20(21-15-16-24(31-2)25(17-21)32-3)28-19-22(18-27)26(30)29-23-13-11-9-7-5-4-6-8-10-12-14-23/h15-17,19-20,23,28H,4-14H2,1-3H3,(H,29,30)/b22-19-. The zero-order valence-electron chi connectivity index (χ0n) is 19.9. The molecule has 0 radical (unpaired) electrons. The van der Waals surface area contributed by atoms with E-state index in [-0.39, 0.29) is 23.6 Å². The molecule has 1 fully saturated rings. The van der Waals surface area contributed by atoms with Crippen LogP contribution in [0.1, 0.15) is 89.2 Å². The van der Waals surface area contributed by atoms with E-state index in [9.17, 15) is 10.1 Å². The Morgan fingerprint density at radius 2 is 1.56 bits per heavy atom. The molecule has 6 nitrogen and oxygen atoms in total. The molecule has 6 heteroatoms. The maximum atomic E-state index is 12.8. The molecular weight excluding hydrogens is 402 g/mol. The molecule has 1 aromatic carbocycles. The molecule has 1 saturated carbocycles. The number of nitrogens with one attached hydrogen (secondary N) is 2. The number of hydrogen-bond acceptors (Lipinski definition) is 5. The van der Waals surface area contributed by atoms with Gasteiger partial charge in [-0.2, -0.15) is 5.26 Å². The van der Waals surface area contributed by atoms with E-state index in [1.54, 1.807) is 14.2 Å². The van der Waals surface area contributed by atoms with Crippen LogP contribution >= 0.6 is 0 Å². The molecule has 1 aromatic rings. The fourth-order valence-corrected chi connectivity index (χ4v) is 4.15. The molecule has 0 heterocycles. The van der Waals surface area contributed by atoms with Crippen LogP contribution in [0.2, 0.25) is 0 Å². The van der Waals surface area contributed by atoms with Gasteiger partial charge in [-0.1, -0.05) is 63.9 Å². The summed E-state index contributed by atoms with van der Waals surface area (Å²) < 4.78 is 10.6. The SMILES string of the molecule is COc1ccc(C(C)N/C=C(/C#N)C(=O)NC2CCCCCCCCCCC2)cc1OC. The van der Waals surface area contributed by atoms with E-state index in [0.29, 0.717) is 11.5 Å². The summed E-state index contributed by atoms with van der Waals surface area (Å²) in [4.78, 5) is 12.8. The fraction of sp³-hybridized carbons (Fsp3) is 0.615. The summed E-state index contributed by atoms with van der Waals surface area (Å²) in [5.74, 6) is 1.01. The lowest BCUT2D eigenvalue weighted by Gasteiger charge is -2.20. The maximum absolute atomic E-state index is 12.8. The molecule has 0 spiro atoms. The molecule has 0 aromatic heterocycles. The first kappa shape index (κ1) is 25.6. The van der Waals surface area contributed by atoms with Crippen LogP contribution in [0.5, 0.6) is 11.5 Å². The number of ether oxygens (including phenoxy) is 2. The first-order chi connectivity index (χ1) is 15.6. The number of rotatable bonds is 7. The van der Waals surface area contributed by atoms with Crippen LogP contribution in [0.3, 0.4) is 0 Å². The fourth-order valence-electron chi connectivity index (χ4n) is 4.15. The van der Waals surface area contributed by atoms with Gasteiger partial charge in [-0.05, 0) is 37.5 Å². The Kier molecular flexibility index (Phi) is 11.5. The molecule has 0 aliphatic heterocycles. The second-order valence-electron chi connectivity index (χ2n) is 8.60. The minimum atomic E-state index is -0.295. The smallest absolute Gasteiger partial charge is 0.263 e. The second-order valence-corrected chi connectivity index (χ2v) is 8.60. The van der Waals surface area contributed by atoms with Crippen LogP contribution in [0, 0.1) is 11.3 Å². The highest BCUT2D eigenvalue weighted by Gasteiger charge is 2.17. The van der Waals surface area contributed by atoms with Gasteiger partial charge in [-0.3, -0.25) is 4.79 Å². The Morgan fingerprint density at radius 3 is 2.09 bits per heavy atom. The molecule has 1 amide bonds. The normalized spacial score (nSPS) is 17.8. The molecule has 1 aliphatic rings. The average molecular weight is 442 g/mol. The van der Waals surface area contributed by atoms with Crippen molar-refractivity contribution in [2.45, 2.75) is 89.6 Å². The Bertz CT molecular complexity index is 773. The first-order valence-electron chi connectivity index (χ1n) is 12.0. The highest BCUT2D eigenvalue weighted by atomic mass is 16.5. The molecule has 1 unspecified atom stereocenters. The average Bonchev–Trinajstić information content (AvgIpc) is 2.80. The summed E-state index contributed by atoms with van der Waals surface area (Å²) in [6, 6.07) is 7.76. The molecule has 0 saturated heterocycles. The number of benzene rings is 1. The summed E-state index contributed by atoms with van der Waals surface area (Å²) in [5, 5.41) is 15.8. The van der Waals surface area contributed by atoms with E-state index in [2.05, 4.69) is 10.6 Å². The predicted molar refractivity (Wildman–Crippen MR) is 128 cm³/mol. The van der Waals surface area contributed by atoms with Gasteiger partial charge in [0.05, 0.1) is 14.2 Å². The minimum Gasteiger partial charge on any atom is -0.493 e. The van der Waals surface area contributed by atoms with Crippen LogP contribution in [0.15, 0.2) is 30.0 Å². The van der Waals surface area contributed by atoms with Crippen LogP contribution in [0.25, 0.3) is 0 Å². The summed E-state index contributed by atoms with van der Waals surface area (Å²) in [6.45, 7) is 1.97. The third kappa shape index (κ3) is 8.45. The topological polar surface area (TPSA) is 83.4 Å². The second kappa shape index (κ2) is 14.4. The van der Waals surface area contributed by atoms with Crippen molar-refractivity contribution in [1.82, 2.24) is 10.6 Å². The molecule has 1 atom stereocenters. The van der Waals surface area contributed by atoms with Crippen molar-refractivity contribution in [3.8, 4) is 17.6 Å². The van der Waals surface area contributed by atoms with Gasteiger partial charge < -0.3 is 20.1 Å². The van der Waals surface area contributed by atoms with E-state index in [4.69, 9.17) is 9.47 Å². The molecule has 176 valence electrons. The lowest BCUT2D eigenvalue weighted by Crippen LogP contribution is -2.36. The maximum Gasteiger partial charge on any atom is 0.263 e. The van der Waals surface area contributed by atoms with Crippen molar-refractivity contribution in [2.24, 2.45) is 0 Å².